The number of esters is 4. The summed E-state index contributed by atoms with van der Waals surface area (Å²) in [5.41, 5.74) is -0.141. The minimum atomic E-state index is -1.90. The van der Waals surface area contributed by atoms with Crippen LogP contribution in [0.15, 0.2) is 133 Å². The van der Waals surface area contributed by atoms with Gasteiger partial charge in [0.2, 0.25) is 12.4 Å². The molecule has 0 spiro atoms. The van der Waals surface area contributed by atoms with Crippen molar-refractivity contribution in [2.24, 2.45) is 0 Å². The molecule has 1 fully saturated rings. The van der Waals surface area contributed by atoms with E-state index < -0.39 is 96.5 Å². The molecule has 5 aromatic rings. The van der Waals surface area contributed by atoms with E-state index in [-0.39, 0.29) is 22.3 Å². The molecule has 56 heavy (non-hydrogen) atoms. The average molecular weight is 768 g/mol. The van der Waals surface area contributed by atoms with E-state index in [9.17, 15) is 32.3 Å². The topological polar surface area (TPSA) is 148 Å². The molecular weight excluding hydrogens is 735 g/mol. The molecule has 0 aliphatic carbocycles. The van der Waals surface area contributed by atoms with Crippen molar-refractivity contribution in [3.05, 3.63) is 179 Å². The normalized spacial score (nSPS) is 18.9. The number of ether oxygens (including phenoxy) is 6. The summed E-state index contributed by atoms with van der Waals surface area (Å²) in [5, 5.41) is 8.58. The van der Waals surface area contributed by atoms with Crippen LogP contribution in [0, 0.1) is 22.9 Å². The van der Waals surface area contributed by atoms with Gasteiger partial charge in [0.1, 0.15) is 12.7 Å². The number of nitrogens with one attached hydrogen (secondary N) is 1. The van der Waals surface area contributed by atoms with Crippen LogP contribution in [0.5, 0.6) is 0 Å². The standard InChI is InChI=1S/C42H32F3NO10/c43-30-22-21-29(33(44)34(30)45)23-32(46)53-42-37(56-41(50)28-19-11-4-12-20-28)36(55-40(49)27-17-9-3-10-18-27)35(54-39(48)26-15-7-2-8-16-26)31(52-42)24-51-38(47)25-13-5-1-6-14-25/h1-22,31,35-37,42,46H,23-24H2/t31-,35-,36+,37-,42-/m1/s1. The van der Waals surface area contributed by atoms with Crippen LogP contribution in [-0.2, 0) is 34.8 Å². The van der Waals surface area contributed by atoms with Gasteiger partial charge in [0.05, 0.1) is 28.7 Å². The Morgan fingerprint density at radius 3 is 1.43 bits per heavy atom. The van der Waals surface area contributed by atoms with Gasteiger partial charge >= 0.3 is 23.9 Å². The van der Waals surface area contributed by atoms with Gasteiger partial charge in [-0.3, -0.25) is 5.41 Å². The molecule has 1 saturated heterocycles. The van der Waals surface area contributed by atoms with Crippen molar-refractivity contribution in [2.75, 3.05) is 6.61 Å². The Labute approximate surface area is 318 Å². The summed E-state index contributed by atoms with van der Waals surface area (Å²) in [4.78, 5) is 54.1. The number of benzene rings is 5. The lowest BCUT2D eigenvalue weighted by atomic mass is 9.97. The van der Waals surface area contributed by atoms with Crippen LogP contribution in [0.4, 0.5) is 13.2 Å². The van der Waals surface area contributed by atoms with Gasteiger partial charge < -0.3 is 28.4 Å². The molecule has 1 N–H and O–H groups in total. The van der Waals surface area contributed by atoms with E-state index in [0.717, 1.165) is 6.07 Å². The minimum absolute atomic E-state index is 0.0371. The highest BCUT2D eigenvalue weighted by Gasteiger charge is 2.54. The summed E-state index contributed by atoms with van der Waals surface area (Å²) in [6, 6.07) is 32.5. The highest BCUT2D eigenvalue weighted by Crippen LogP contribution is 2.32. The van der Waals surface area contributed by atoms with Gasteiger partial charge in [-0.05, 0) is 54.6 Å². The van der Waals surface area contributed by atoms with Gasteiger partial charge in [0, 0.05) is 5.56 Å². The first-order valence-corrected chi connectivity index (χ1v) is 17.1. The Kier molecular flexibility index (Phi) is 12.5. The Morgan fingerprint density at radius 1 is 0.518 bits per heavy atom. The first-order chi connectivity index (χ1) is 27.1. The Hall–Kier alpha value is -6.80. The fourth-order valence-corrected chi connectivity index (χ4v) is 5.68. The highest BCUT2D eigenvalue weighted by molar-refractivity contribution is 5.91. The van der Waals surface area contributed by atoms with Crippen LogP contribution in [-0.4, -0.2) is 67.1 Å². The van der Waals surface area contributed by atoms with Crippen molar-refractivity contribution < 1.29 is 60.8 Å². The Morgan fingerprint density at radius 2 is 0.946 bits per heavy atom. The average Bonchev–Trinajstić information content (AvgIpc) is 3.23. The summed E-state index contributed by atoms with van der Waals surface area (Å²) >= 11 is 0. The van der Waals surface area contributed by atoms with Gasteiger partial charge in [-0.25, -0.2) is 32.3 Å². The molecule has 1 aliphatic rings. The fourth-order valence-electron chi connectivity index (χ4n) is 5.68. The monoisotopic (exact) mass is 767 g/mol. The number of halogens is 3. The maximum absolute atomic E-state index is 14.7. The molecule has 0 aromatic heterocycles. The number of carbonyl (C=O) groups is 4. The molecular formula is C42H32F3NO10. The summed E-state index contributed by atoms with van der Waals surface area (Å²) in [6.45, 7) is -0.663. The van der Waals surface area contributed by atoms with Gasteiger partial charge in [-0.2, -0.15) is 0 Å². The second-order valence-corrected chi connectivity index (χ2v) is 12.3. The zero-order valence-corrected chi connectivity index (χ0v) is 29.2. The van der Waals surface area contributed by atoms with E-state index in [2.05, 4.69) is 0 Å². The van der Waals surface area contributed by atoms with E-state index >= 15 is 0 Å². The van der Waals surface area contributed by atoms with Crippen LogP contribution in [0.25, 0.3) is 0 Å². The van der Waals surface area contributed by atoms with E-state index in [1.807, 2.05) is 0 Å². The van der Waals surface area contributed by atoms with Gasteiger partial charge in [-0.1, -0.05) is 78.9 Å². The van der Waals surface area contributed by atoms with Crippen molar-refractivity contribution in [1.29, 1.82) is 5.41 Å². The zero-order valence-electron chi connectivity index (χ0n) is 29.2. The molecule has 5 aromatic carbocycles. The summed E-state index contributed by atoms with van der Waals surface area (Å²) in [6.07, 6.45) is -9.46. The third kappa shape index (κ3) is 9.46. The molecule has 1 heterocycles. The maximum atomic E-state index is 14.7. The molecule has 286 valence electrons. The van der Waals surface area contributed by atoms with Crippen molar-refractivity contribution in [1.82, 2.24) is 0 Å². The molecule has 1 aliphatic heterocycles. The molecule has 11 nitrogen and oxygen atoms in total. The van der Waals surface area contributed by atoms with Crippen LogP contribution < -0.4 is 0 Å². The van der Waals surface area contributed by atoms with Gasteiger partial charge in [0.25, 0.3) is 0 Å². The van der Waals surface area contributed by atoms with E-state index in [4.69, 9.17) is 33.8 Å². The molecule has 0 saturated carbocycles. The summed E-state index contributed by atoms with van der Waals surface area (Å²) in [5.74, 6) is -9.24. The fraction of sp³-hybridized carbons (Fsp3) is 0.167. The number of rotatable bonds is 12. The lowest BCUT2D eigenvalue weighted by Gasteiger charge is -2.44. The molecule has 5 atom stereocenters. The summed E-state index contributed by atoms with van der Waals surface area (Å²) in [7, 11) is 0. The molecule has 0 amide bonds. The molecule has 0 unspecified atom stereocenters. The molecule has 0 bridgehead atoms. The molecule has 0 radical (unpaired) electrons. The van der Waals surface area contributed by atoms with E-state index in [1.165, 1.54) is 48.5 Å². The highest BCUT2D eigenvalue weighted by atomic mass is 19.2. The third-order valence-electron chi connectivity index (χ3n) is 8.46. The number of hydrogen-bond donors (Lipinski definition) is 1. The van der Waals surface area contributed by atoms with Crippen LogP contribution in [0.2, 0.25) is 0 Å². The SMILES string of the molecule is N=C(Cc1ccc(F)c(F)c1F)O[C@H]1O[C@H](COC(=O)c2ccccc2)[C@@H](OC(=O)c2ccccc2)[C@H](OC(=O)c2ccccc2)[C@H]1OC(=O)c1ccccc1. The summed E-state index contributed by atoms with van der Waals surface area (Å²) < 4.78 is 77.7. The largest absolute Gasteiger partial charge is 0.459 e. The Balaban J connectivity index is 1.41. The van der Waals surface area contributed by atoms with Gasteiger partial charge in [-0.15, -0.1) is 0 Å². The van der Waals surface area contributed by atoms with Crippen LogP contribution in [0.3, 0.4) is 0 Å². The lowest BCUT2D eigenvalue weighted by molar-refractivity contribution is -0.279. The third-order valence-corrected chi connectivity index (χ3v) is 8.46. The second-order valence-electron chi connectivity index (χ2n) is 12.3. The predicted octanol–water partition coefficient (Wildman–Crippen LogP) is 6.90. The maximum Gasteiger partial charge on any atom is 0.338 e. The number of hydrogen-bond acceptors (Lipinski definition) is 11. The Bertz CT molecular complexity index is 2180. The van der Waals surface area contributed by atoms with Crippen LogP contribution >= 0.6 is 0 Å². The van der Waals surface area contributed by atoms with Crippen LogP contribution in [0.1, 0.15) is 47.0 Å². The lowest BCUT2D eigenvalue weighted by Crippen LogP contribution is -2.63. The van der Waals surface area contributed by atoms with Gasteiger partial charge in [0.15, 0.2) is 35.6 Å². The predicted molar refractivity (Wildman–Crippen MR) is 191 cm³/mol. The first kappa shape index (κ1) is 38.9. The van der Waals surface area contributed by atoms with Crippen molar-refractivity contribution in [3.8, 4) is 0 Å². The van der Waals surface area contributed by atoms with Crippen molar-refractivity contribution >= 4 is 29.8 Å². The van der Waals surface area contributed by atoms with Crippen molar-refractivity contribution in [2.45, 2.75) is 37.1 Å². The minimum Gasteiger partial charge on any atom is -0.459 e. The quantitative estimate of drug-likeness (QED) is 0.0468. The van der Waals surface area contributed by atoms with E-state index in [0.29, 0.717) is 6.07 Å². The van der Waals surface area contributed by atoms with Crippen molar-refractivity contribution in [3.63, 3.8) is 0 Å². The van der Waals surface area contributed by atoms with E-state index in [1.54, 1.807) is 72.8 Å². The first-order valence-electron chi connectivity index (χ1n) is 17.1. The second kappa shape index (κ2) is 18.0. The molecule has 14 heteroatoms. The smallest absolute Gasteiger partial charge is 0.338 e. The number of carbonyl (C=O) groups excluding carboxylic acids is 4. The zero-order chi connectivity index (χ0) is 39.6. The molecule has 6 rings (SSSR count).